The Labute approximate surface area is 122 Å². The molecule has 1 aliphatic heterocycles. The maximum absolute atomic E-state index is 5.81. The van der Waals surface area contributed by atoms with Crippen LogP contribution in [0, 0.1) is 6.92 Å². The van der Waals surface area contributed by atoms with E-state index in [0.29, 0.717) is 6.10 Å². The molecule has 4 nitrogen and oxygen atoms in total. The first-order chi connectivity index (χ1) is 9.72. The zero-order chi connectivity index (χ0) is 14.4. The highest BCUT2D eigenvalue weighted by Crippen LogP contribution is 2.19. The normalized spacial score (nSPS) is 19.1. The molecule has 1 N–H and O–H groups in total. The Morgan fingerprint density at radius 3 is 2.90 bits per heavy atom. The van der Waals surface area contributed by atoms with Crippen LogP contribution in [0.15, 0.2) is 10.5 Å². The van der Waals surface area contributed by atoms with Crippen molar-refractivity contribution in [3.05, 3.63) is 23.2 Å². The van der Waals surface area contributed by atoms with Crippen LogP contribution >= 0.6 is 0 Å². The van der Waals surface area contributed by atoms with Gasteiger partial charge in [-0.2, -0.15) is 0 Å². The molecular formula is C16H28N2O2. The lowest BCUT2D eigenvalue weighted by Gasteiger charge is -2.23. The van der Waals surface area contributed by atoms with Crippen molar-refractivity contribution >= 4 is 0 Å². The maximum atomic E-state index is 5.81. The number of rotatable bonds is 8. The van der Waals surface area contributed by atoms with Gasteiger partial charge >= 0.3 is 0 Å². The van der Waals surface area contributed by atoms with Gasteiger partial charge in [-0.15, -0.1) is 0 Å². The van der Waals surface area contributed by atoms with E-state index in [1.54, 1.807) is 0 Å². The Morgan fingerprint density at radius 2 is 2.25 bits per heavy atom. The van der Waals surface area contributed by atoms with Gasteiger partial charge in [0, 0.05) is 25.3 Å². The van der Waals surface area contributed by atoms with Crippen molar-refractivity contribution in [2.24, 2.45) is 0 Å². The molecule has 2 heterocycles. The monoisotopic (exact) mass is 280 g/mol. The average Bonchev–Trinajstić information content (AvgIpc) is 3.06. The lowest BCUT2D eigenvalue weighted by molar-refractivity contribution is 0.0723. The minimum atomic E-state index is 0.420. The molecule has 114 valence electrons. The van der Waals surface area contributed by atoms with E-state index in [-0.39, 0.29) is 0 Å². The topological polar surface area (TPSA) is 37.6 Å². The van der Waals surface area contributed by atoms with Crippen molar-refractivity contribution < 1.29 is 9.15 Å². The molecule has 1 atom stereocenters. The highest BCUT2D eigenvalue weighted by atomic mass is 16.5. The molecule has 1 unspecified atom stereocenters. The predicted octanol–water partition coefficient (Wildman–Crippen LogP) is 2.70. The average molecular weight is 280 g/mol. The molecule has 4 heteroatoms. The van der Waals surface area contributed by atoms with Crippen LogP contribution in [0.1, 0.15) is 43.8 Å². The smallest absolute Gasteiger partial charge is 0.118 e. The molecule has 0 saturated carbocycles. The van der Waals surface area contributed by atoms with Crippen LogP contribution in [0.25, 0.3) is 0 Å². The van der Waals surface area contributed by atoms with E-state index < -0.39 is 0 Å². The standard InChI is InChI=1S/C16H28N2O2/c1-4-17-10-16-9-14(13(3)20-16)11-18(5-2)12-15-7-6-8-19-15/h9,15,17H,4-8,10-12H2,1-3H3. The van der Waals surface area contributed by atoms with Crippen LogP contribution in [-0.4, -0.2) is 37.2 Å². The molecule has 0 aromatic carbocycles. The first-order valence-electron chi connectivity index (χ1n) is 7.85. The number of nitrogens with one attached hydrogen (secondary N) is 1. The second-order valence-electron chi connectivity index (χ2n) is 5.54. The van der Waals surface area contributed by atoms with E-state index >= 15 is 0 Å². The first kappa shape index (κ1) is 15.5. The van der Waals surface area contributed by atoms with Gasteiger partial charge in [0.1, 0.15) is 11.5 Å². The van der Waals surface area contributed by atoms with E-state index in [0.717, 1.165) is 50.9 Å². The fourth-order valence-electron chi connectivity index (χ4n) is 2.70. The summed E-state index contributed by atoms with van der Waals surface area (Å²) in [7, 11) is 0. The van der Waals surface area contributed by atoms with Gasteiger partial charge in [0.15, 0.2) is 0 Å². The summed E-state index contributed by atoms with van der Waals surface area (Å²) in [6.45, 7) is 12.1. The predicted molar refractivity (Wildman–Crippen MR) is 80.8 cm³/mol. The SMILES string of the molecule is CCNCc1cc(CN(CC)CC2CCCO2)c(C)o1. The third kappa shape index (κ3) is 4.33. The first-order valence-corrected chi connectivity index (χ1v) is 7.85. The van der Waals surface area contributed by atoms with Crippen molar-refractivity contribution in [1.29, 1.82) is 0 Å². The van der Waals surface area contributed by atoms with Gasteiger partial charge in [0.05, 0.1) is 12.6 Å². The summed E-state index contributed by atoms with van der Waals surface area (Å²) in [5, 5.41) is 3.30. The van der Waals surface area contributed by atoms with Gasteiger partial charge in [0.25, 0.3) is 0 Å². The fraction of sp³-hybridized carbons (Fsp3) is 0.750. The second-order valence-corrected chi connectivity index (χ2v) is 5.54. The van der Waals surface area contributed by atoms with Crippen LogP contribution in [0.4, 0.5) is 0 Å². The van der Waals surface area contributed by atoms with Crippen molar-refractivity contribution in [2.45, 2.75) is 52.8 Å². The highest BCUT2D eigenvalue weighted by molar-refractivity contribution is 5.20. The molecule has 2 rings (SSSR count). The van der Waals surface area contributed by atoms with Gasteiger partial charge in [-0.1, -0.05) is 13.8 Å². The lowest BCUT2D eigenvalue weighted by Crippen LogP contribution is -2.31. The quantitative estimate of drug-likeness (QED) is 0.794. The Morgan fingerprint density at radius 1 is 1.40 bits per heavy atom. The summed E-state index contributed by atoms with van der Waals surface area (Å²) in [6, 6.07) is 2.19. The molecule has 1 aromatic heterocycles. The van der Waals surface area contributed by atoms with Crippen LogP contribution < -0.4 is 5.32 Å². The molecule has 0 bridgehead atoms. The van der Waals surface area contributed by atoms with E-state index in [9.17, 15) is 0 Å². The zero-order valence-electron chi connectivity index (χ0n) is 13.1. The highest BCUT2D eigenvalue weighted by Gasteiger charge is 2.19. The van der Waals surface area contributed by atoms with Crippen molar-refractivity contribution in [3.8, 4) is 0 Å². The number of nitrogens with zero attached hydrogens (tertiary/aromatic N) is 1. The summed E-state index contributed by atoms with van der Waals surface area (Å²) in [5.74, 6) is 2.08. The summed E-state index contributed by atoms with van der Waals surface area (Å²) in [5.41, 5.74) is 1.30. The van der Waals surface area contributed by atoms with E-state index in [1.165, 1.54) is 18.4 Å². The van der Waals surface area contributed by atoms with Crippen molar-refractivity contribution in [1.82, 2.24) is 10.2 Å². The third-order valence-corrected chi connectivity index (χ3v) is 3.95. The van der Waals surface area contributed by atoms with Crippen molar-refractivity contribution in [2.75, 3.05) is 26.2 Å². The Kier molecular flexibility index (Phi) is 6.07. The van der Waals surface area contributed by atoms with Crippen LogP contribution in [0.3, 0.4) is 0 Å². The van der Waals surface area contributed by atoms with Gasteiger partial charge < -0.3 is 14.5 Å². The maximum Gasteiger partial charge on any atom is 0.118 e. The van der Waals surface area contributed by atoms with Gasteiger partial charge in [0.2, 0.25) is 0 Å². The second kappa shape index (κ2) is 7.81. The summed E-state index contributed by atoms with van der Waals surface area (Å²) >= 11 is 0. The fourth-order valence-corrected chi connectivity index (χ4v) is 2.70. The zero-order valence-corrected chi connectivity index (χ0v) is 13.1. The largest absolute Gasteiger partial charge is 0.465 e. The van der Waals surface area contributed by atoms with Crippen LogP contribution in [0.2, 0.25) is 0 Å². The molecule has 20 heavy (non-hydrogen) atoms. The molecule has 0 amide bonds. The number of furan rings is 1. The van der Waals surface area contributed by atoms with Crippen molar-refractivity contribution in [3.63, 3.8) is 0 Å². The minimum Gasteiger partial charge on any atom is -0.465 e. The number of hydrogen-bond donors (Lipinski definition) is 1. The number of likely N-dealkylation sites (N-methyl/N-ethyl adjacent to an activating group) is 1. The summed E-state index contributed by atoms with van der Waals surface area (Å²) < 4.78 is 11.5. The molecular weight excluding hydrogens is 252 g/mol. The van der Waals surface area contributed by atoms with Gasteiger partial charge in [-0.25, -0.2) is 0 Å². The Bertz CT molecular complexity index is 397. The van der Waals surface area contributed by atoms with E-state index in [4.69, 9.17) is 9.15 Å². The molecule has 1 aliphatic rings. The Balaban J connectivity index is 1.90. The van der Waals surface area contributed by atoms with Gasteiger partial charge in [-0.3, -0.25) is 4.90 Å². The third-order valence-electron chi connectivity index (χ3n) is 3.95. The molecule has 1 saturated heterocycles. The van der Waals surface area contributed by atoms with Gasteiger partial charge in [-0.05, 0) is 38.9 Å². The van der Waals surface area contributed by atoms with E-state index in [1.807, 2.05) is 0 Å². The minimum absolute atomic E-state index is 0.420. The van der Waals surface area contributed by atoms with Crippen LogP contribution in [-0.2, 0) is 17.8 Å². The Hall–Kier alpha value is -0.840. The molecule has 0 spiro atoms. The number of ether oxygens (including phenoxy) is 1. The molecule has 0 aliphatic carbocycles. The van der Waals surface area contributed by atoms with Crippen LogP contribution in [0.5, 0.6) is 0 Å². The lowest BCUT2D eigenvalue weighted by atomic mass is 10.2. The summed E-state index contributed by atoms with van der Waals surface area (Å²) in [6.07, 6.45) is 2.83. The van der Waals surface area contributed by atoms with E-state index in [2.05, 4.69) is 37.1 Å². The summed E-state index contributed by atoms with van der Waals surface area (Å²) in [4.78, 5) is 2.45. The molecule has 0 radical (unpaired) electrons. The number of hydrogen-bond acceptors (Lipinski definition) is 4. The number of aryl methyl sites for hydroxylation is 1. The molecule has 1 fully saturated rings. The molecule has 1 aromatic rings.